The number of aliphatic hydroxyl groups is 1. The monoisotopic (exact) mass is 124 g/mol. The van der Waals surface area contributed by atoms with Gasteiger partial charge in [-0.1, -0.05) is 0 Å². The molecule has 0 amide bonds. The summed E-state index contributed by atoms with van der Waals surface area (Å²) in [6, 6.07) is 0. The Hall–Kier alpha value is 0.543. The van der Waals surface area contributed by atoms with Crippen LogP contribution in [-0.4, -0.2) is 16.3 Å². The third-order valence-corrected chi connectivity index (χ3v) is 0.971. The first-order chi connectivity index (χ1) is 2.27. The van der Waals surface area contributed by atoms with Gasteiger partial charge in [0.05, 0.1) is 0 Å². The second kappa shape index (κ2) is 2.76. The summed E-state index contributed by atoms with van der Waals surface area (Å²) in [5.74, 6) is 0. The van der Waals surface area contributed by atoms with Crippen molar-refractivity contribution in [3.8, 4) is 0 Å². The molecule has 0 aliphatic carbocycles. The van der Waals surface area contributed by atoms with Gasteiger partial charge in [-0.05, 0) is 0 Å². The molecule has 27 valence electrons. The summed E-state index contributed by atoms with van der Waals surface area (Å²) in [4.78, 5) is 0. The molecule has 0 bridgehead atoms. The average Bonchev–Trinajstić information content (AvgIpc) is 1.38. The van der Waals surface area contributed by atoms with Crippen LogP contribution >= 0.6 is 0 Å². The van der Waals surface area contributed by atoms with Crippen molar-refractivity contribution in [2.24, 2.45) is 5.73 Å². The Morgan fingerprint density at radius 2 is 2.20 bits per heavy atom. The third kappa shape index (κ3) is 4.54. The zero-order chi connectivity index (χ0) is 4.28. The molecule has 1 atom stereocenters. The number of hydrogen-bond donors (Lipinski definition) is 2. The first kappa shape index (κ1) is 5.54. The Morgan fingerprint density at radius 3 is 2.20 bits per heavy atom. The summed E-state index contributed by atoms with van der Waals surface area (Å²) < 4.78 is -0.213. The molecule has 1 unspecified atom stereocenters. The van der Waals surface area contributed by atoms with Crippen LogP contribution in [0.25, 0.3) is 0 Å². The molecule has 0 aromatic heterocycles. The van der Waals surface area contributed by atoms with Crippen molar-refractivity contribution < 1.29 is 23.4 Å². The zero-order valence-electron chi connectivity index (χ0n) is 3.02. The molecule has 0 saturated carbocycles. The van der Waals surface area contributed by atoms with Gasteiger partial charge in [0.2, 0.25) is 0 Å². The van der Waals surface area contributed by atoms with Gasteiger partial charge in [0.25, 0.3) is 0 Å². The Kier molecular flexibility index (Phi) is 3.06. The van der Waals surface area contributed by atoms with Gasteiger partial charge in [0.15, 0.2) is 0 Å². The Morgan fingerprint density at radius 1 is 2.00 bits per heavy atom. The summed E-state index contributed by atoms with van der Waals surface area (Å²) in [5.41, 5.74) is 4.95. The molecule has 0 aromatic carbocycles. The molecule has 0 aliphatic heterocycles. The van der Waals surface area contributed by atoms with E-state index in [1.165, 1.54) is 0 Å². The summed E-state index contributed by atoms with van der Waals surface area (Å²) in [6.07, 6.45) is 0. The van der Waals surface area contributed by atoms with Crippen LogP contribution in [0.4, 0.5) is 0 Å². The van der Waals surface area contributed by atoms with Crippen molar-refractivity contribution in [2.75, 3.05) is 6.54 Å². The Labute approximate surface area is 41.0 Å². The molecule has 5 heavy (non-hydrogen) atoms. The van der Waals surface area contributed by atoms with E-state index in [1.54, 1.807) is 0 Å². The van der Waals surface area contributed by atoms with Gasteiger partial charge in [0, 0.05) is 0 Å². The van der Waals surface area contributed by atoms with Crippen LogP contribution in [0.3, 0.4) is 0 Å². The van der Waals surface area contributed by atoms with Gasteiger partial charge in [-0.15, -0.1) is 0 Å². The second-order valence-corrected chi connectivity index (χ2v) is 2.87. The first-order valence-corrected chi connectivity index (χ1v) is 3.20. The molecule has 0 saturated heterocycles. The van der Waals surface area contributed by atoms with Crippen molar-refractivity contribution >= 4 is 0 Å². The van der Waals surface area contributed by atoms with Crippen molar-refractivity contribution in [1.29, 1.82) is 0 Å². The molecule has 2 nitrogen and oxygen atoms in total. The van der Waals surface area contributed by atoms with E-state index < -0.39 is 0 Å². The number of rotatable bonds is 1. The molecule has 0 aliphatic rings. The van der Waals surface area contributed by atoms with E-state index >= 15 is 0 Å². The maximum absolute atomic E-state index is 8.29. The van der Waals surface area contributed by atoms with Gasteiger partial charge in [-0.3, -0.25) is 0 Å². The fourth-order valence-corrected chi connectivity index (χ4v) is 0. The van der Waals surface area contributed by atoms with Crippen molar-refractivity contribution in [3.63, 3.8) is 0 Å². The fraction of sp³-hybridized carbons (Fsp3) is 1.00. The molecule has 3 N–H and O–H groups in total. The van der Waals surface area contributed by atoms with E-state index in [4.69, 9.17) is 10.8 Å². The van der Waals surface area contributed by atoms with Crippen LogP contribution in [-0.2, 0) is 18.3 Å². The van der Waals surface area contributed by atoms with E-state index in [-0.39, 0.29) is 4.70 Å². The minimum atomic E-state index is -0.213. The van der Waals surface area contributed by atoms with Gasteiger partial charge in [-0.25, -0.2) is 0 Å². The molecule has 0 aromatic rings. The Balaban J connectivity index is 2.54. The molecular weight excluding hydrogens is 119 g/mol. The van der Waals surface area contributed by atoms with Gasteiger partial charge in [-0.2, -0.15) is 0 Å². The number of nitrogens with two attached hydrogens (primary N) is 1. The summed E-state index contributed by atoms with van der Waals surface area (Å²) >= 11 is 0.885. The van der Waals surface area contributed by atoms with E-state index in [1.807, 2.05) is 0 Å². The quantitative estimate of drug-likeness (QED) is 0.433. The fourth-order valence-electron chi connectivity index (χ4n) is 0. The van der Waals surface area contributed by atoms with Gasteiger partial charge < -0.3 is 0 Å². The van der Waals surface area contributed by atoms with Crippen LogP contribution in [0, 0.1) is 0 Å². The summed E-state index contributed by atoms with van der Waals surface area (Å²) in [6.45, 7) is 0.417. The van der Waals surface area contributed by atoms with Crippen LogP contribution in [0.2, 0.25) is 0 Å². The second-order valence-electron chi connectivity index (χ2n) is 0.890. The Bertz CT molecular complexity index is 23.6. The third-order valence-electron chi connectivity index (χ3n) is 0.272. The zero-order valence-corrected chi connectivity index (χ0v) is 5.98. The van der Waals surface area contributed by atoms with E-state index in [2.05, 4.69) is 0 Å². The van der Waals surface area contributed by atoms with Crippen LogP contribution < -0.4 is 5.73 Å². The van der Waals surface area contributed by atoms with Crippen molar-refractivity contribution in [1.82, 2.24) is 0 Å². The maximum atomic E-state index is 8.29. The molecule has 0 rings (SSSR count). The molecular formula is C2H6NOZn. The molecule has 0 spiro atoms. The van der Waals surface area contributed by atoms with Crippen molar-refractivity contribution in [3.05, 3.63) is 0 Å². The summed E-state index contributed by atoms with van der Waals surface area (Å²) in [7, 11) is 0. The van der Waals surface area contributed by atoms with Crippen LogP contribution in [0.1, 0.15) is 0 Å². The average molecular weight is 125 g/mol. The topological polar surface area (TPSA) is 46.2 Å². The van der Waals surface area contributed by atoms with E-state index in [0.717, 1.165) is 18.3 Å². The summed E-state index contributed by atoms with van der Waals surface area (Å²) in [5, 5.41) is 8.29. The SMILES string of the molecule is NC[CH](O)[Zn]. The van der Waals surface area contributed by atoms with Crippen molar-refractivity contribution in [2.45, 2.75) is 4.70 Å². The number of aliphatic hydroxyl groups excluding tert-OH is 1. The first-order valence-electron chi connectivity index (χ1n) is 1.48. The number of hydrogen-bond acceptors (Lipinski definition) is 2. The standard InChI is InChI=1S/C2H6NO.Zn/c3-1-2-4;/h2,4H,1,3H2;. The van der Waals surface area contributed by atoms with Gasteiger partial charge >= 0.3 is 40.4 Å². The molecule has 0 heterocycles. The van der Waals surface area contributed by atoms with E-state index in [0.29, 0.717) is 6.54 Å². The van der Waals surface area contributed by atoms with Crippen LogP contribution in [0.15, 0.2) is 0 Å². The van der Waals surface area contributed by atoms with Crippen LogP contribution in [0.5, 0.6) is 0 Å². The predicted molar refractivity (Wildman–Crippen MR) is 15.1 cm³/mol. The predicted octanol–water partition coefficient (Wildman–Crippen LogP) is -1.19. The minimum absolute atomic E-state index is 0.213. The normalized spacial score (nSPS) is 15.2. The molecule has 3 heteroatoms. The van der Waals surface area contributed by atoms with E-state index in [9.17, 15) is 0 Å². The molecule has 0 radical (unpaired) electrons. The molecule has 0 fully saturated rings. The van der Waals surface area contributed by atoms with Gasteiger partial charge in [0.1, 0.15) is 0 Å².